The number of benzene rings is 1. The van der Waals surface area contributed by atoms with E-state index in [4.69, 9.17) is 4.74 Å². The van der Waals surface area contributed by atoms with Gasteiger partial charge < -0.3 is 10.1 Å². The van der Waals surface area contributed by atoms with Crippen LogP contribution >= 0.6 is 0 Å². The maximum absolute atomic E-state index is 5.37. The van der Waals surface area contributed by atoms with E-state index in [9.17, 15) is 0 Å². The molecule has 1 aromatic rings. The van der Waals surface area contributed by atoms with E-state index < -0.39 is 0 Å². The number of ether oxygens (including phenoxy) is 1. The summed E-state index contributed by atoms with van der Waals surface area (Å²) in [5.74, 6) is 0.973. The molecule has 118 valence electrons. The van der Waals surface area contributed by atoms with Gasteiger partial charge in [-0.25, -0.2) is 0 Å². The first-order chi connectivity index (χ1) is 10.2. The molecule has 0 saturated carbocycles. The van der Waals surface area contributed by atoms with Crippen LogP contribution < -0.4 is 10.1 Å². The Hall–Kier alpha value is -1.06. The van der Waals surface area contributed by atoms with E-state index >= 15 is 0 Å². The maximum Gasteiger partial charge on any atom is 0.119 e. The molecule has 2 unspecified atom stereocenters. The van der Waals surface area contributed by atoms with E-state index in [2.05, 4.69) is 49.3 Å². The molecule has 0 spiro atoms. The van der Waals surface area contributed by atoms with Gasteiger partial charge in [0.25, 0.3) is 0 Å². The van der Waals surface area contributed by atoms with Crippen molar-refractivity contribution in [3.05, 3.63) is 29.3 Å². The number of rotatable bonds is 7. The van der Waals surface area contributed by atoms with Crippen LogP contribution in [0.3, 0.4) is 0 Å². The lowest BCUT2D eigenvalue weighted by atomic mass is 9.83. The highest BCUT2D eigenvalue weighted by Gasteiger charge is 2.31. The third-order valence-electron chi connectivity index (χ3n) is 4.76. The first kappa shape index (κ1) is 16.3. The molecule has 21 heavy (non-hydrogen) atoms. The number of nitrogens with one attached hydrogen (secondary N) is 1. The number of likely N-dealkylation sites (N-methyl/N-ethyl adjacent to an activating group) is 2. The summed E-state index contributed by atoms with van der Waals surface area (Å²) in [6.07, 6.45) is 4.93. The van der Waals surface area contributed by atoms with Gasteiger partial charge >= 0.3 is 0 Å². The Morgan fingerprint density at radius 3 is 2.76 bits per heavy atom. The molecular formula is C18H30N2O. The van der Waals surface area contributed by atoms with Gasteiger partial charge in [0.05, 0.1) is 7.11 Å². The molecule has 1 N–H and O–H groups in total. The standard InChI is InChI=1S/C18H30N2O/c1-5-7-12-20(6-2)17-11-8-14-13-15(21-4)9-10-16(14)18(17)19-3/h9-10,13,17-19H,5-8,11-12H2,1-4H3. The van der Waals surface area contributed by atoms with Crippen molar-refractivity contribution in [3.8, 4) is 5.75 Å². The number of fused-ring (bicyclic) bond motifs is 1. The molecule has 1 aliphatic carbocycles. The molecule has 1 aliphatic rings. The average molecular weight is 290 g/mol. The molecular weight excluding hydrogens is 260 g/mol. The zero-order valence-corrected chi connectivity index (χ0v) is 14.0. The van der Waals surface area contributed by atoms with E-state index in [1.165, 1.54) is 36.9 Å². The number of unbranched alkanes of at least 4 members (excludes halogenated alkanes) is 1. The minimum absolute atomic E-state index is 0.427. The van der Waals surface area contributed by atoms with E-state index in [0.29, 0.717) is 12.1 Å². The van der Waals surface area contributed by atoms with Crippen molar-refractivity contribution < 1.29 is 4.74 Å². The van der Waals surface area contributed by atoms with Crippen LogP contribution in [0, 0.1) is 0 Å². The molecule has 0 heterocycles. The summed E-state index contributed by atoms with van der Waals surface area (Å²) in [5, 5.41) is 3.56. The Labute approximate surface area is 129 Å². The van der Waals surface area contributed by atoms with Gasteiger partial charge in [0.1, 0.15) is 5.75 Å². The molecule has 0 fully saturated rings. The molecule has 0 radical (unpaired) electrons. The summed E-state index contributed by atoms with van der Waals surface area (Å²) in [4.78, 5) is 2.65. The third-order valence-corrected chi connectivity index (χ3v) is 4.76. The van der Waals surface area contributed by atoms with Gasteiger partial charge in [-0.2, -0.15) is 0 Å². The van der Waals surface area contributed by atoms with Gasteiger partial charge in [-0.1, -0.05) is 26.3 Å². The van der Waals surface area contributed by atoms with Crippen molar-refractivity contribution >= 4 is 0 Å². The number of aryl methyl sites for hydroxylation is 1. The fourth-order valence-corrected chi connectivity index (χ4v) is 3.57. The molecule has 2 rings (SSSR count). The summed E-state index contributed by atoms with van der Waals surface area (Å²) in [6, 6.07) is 7.57. The van der Waals surface area contributed by atoms with Crippen molar-refractivity contribution in [2.45, 2.75) is 51.6 Å². The highest BCUT2D eigenvalue weighted by molar-refractivity contribution is 5.40. The first-order valence-corrected chi connectivity index (χ1v) is 8.33. The predicted octanol–water partition coefficient (Wildman–Crippen LogP) is 3.39. The van der Waals surface area contributed by atoms with Crippen LogP contribution in [0.15, 0.2) is 18.2 Å². The lowest BCUT2D eigenvalue weighted by Crippen LogP contribution is -2.46. The van der Waals surface area contributed by atoms with Crippen molar-refractivity contribution in [3.63, 3.8) is 0 Å². The van der Waals surface area contributed by atoms with E-state index in [0.717, 1.165) is 18.7 Å². The lowest BCUT2D eigenvalue weighted by Gasteiger charge is -2.40. The highest BCUT2D eigenvalue weighted by Crippen LogP contribution is 2.34. The van der Waals surface area contributed by atoms with Crippen LogP contribution in [0.4, 0.5) is 0 Å². The van der Waals surface area contributed by atoms with E-state index in [1.807, 2.05) is 0 Å². The monoisotopic (exact) mass is 290 g/mol. The van der Waals surface area contributed by atoms with Crippen LogP contribution in [0.1, 0.15) is 50.3 Å². The Balaban J connectivity index is 2.22. The van der Waals surface area contributed by atoms with Crippen LogP contribution in [0.25, 0.3) is 0 Å². The fourth-order valence-electron chi connectivity index (χ4n) is 3.57. The maximum atomic E-state index is 5.37. The summed E-state index contributed by atoms with van der Waals surface area (Å²) in [5.41, 5.74) is 2.89. The van der Waals surface area contributed by atoms with Crippen LogP contribution in [-0.2, 0) is 6.42 Å². The number of hydrogen-bond donors (Lipinski definition) is 1. The SMILES string of the molecule is CCCCN(CC)C1CCc2cc(OC)ccc2C1NC. The molecule has 3 nitrogen and oxygen atoms in total. The van der Waals surface area contributed by atoms with Gasteiger partial charge in [-0.05, 0) is 62.7 Å². The summed E-state index contributed by atoms with van der Waals surface area (Å²) >= 11 is 0. The molecule has 0 bridgehead atoms. The van der Waals surface area contributed by atoms with Gasteiger partial charge in [-0.3, -0.25) is 4.90 Å². The van der Waals surface area contributed by atoms with Crippen LogP contribution in [-0.4, -0.2) is 38.2 Å². The second-order valence-electron chi connectivity index (χ2n) is 5.92. The highest BCUT2D eigenvalue weighted by atomic mass is 16.5. The molecule has 0 aliphatic heterocycles. The second kappa shape index (κ2) is 7.81. The number of nitrogens with zero attached hydrogens (tertiary/aromatic N) is 1. The van der Waals surface area contributed by atoms with Gasteiger partial charge in [0.2, 0.25) is 0 Å². The zero-order chi connectivity index (χ0) is 15.2. The topological polar surface area (TPSA) is 24.5 Å². The third kappa shape index (κ3) is 3.58. The number of methoxy groups -OCH3 is 1. The van der Waals surface area contributed by atoms with Crippen molar-refractivity contribution in [1.29, 1.82) is 0 Å². The minimum Gasteiger partial charge on any atom is -0.497 e. The second-order valence-corrected chi connectivity index (χ2v) is 5.92. The molecule has 0 aromatic heterocycles. The van der Waals surface area contributed by atoms with Gasteiger partial charge in [0.15, 0.2) is 0 Å². The van der Waals surface area contributed by atoms with Gasteiger partial charge in [0, 0.05) is 12.1 Å². The van der Waals surface area contributed by atoms with E-state index in [-0.39, 0.29) is 0 Å². The number of hydrogen-bond acceptors (Lipinski definition) is 3. The fraction of sp³-hybridized carbons (Fsp3) is 0.667. The Kier molecular flexibility index (Phi) is 6.07. The Bertz CT molecular complexity index is 447. The van der Waals surface area contributed by atoms with E-state index in [1.54, 1.807) is 7.11 Å². The summed E-state index contributed by atoms with van der Waals surface area (Å²) in [7, 11) is 3.83. The Morgan fingerprint density at radius 2 is 2.14 bits per heavy atom. The zero-order valence-electron chi connectivity index (χ0n) is 14.0. The molecule has 0 saturated heterocycles. The van der Waals surface area contributed by atoms with Crippen molar-refractivity contribution in [2.24, 2.45) is 0 Å². The van der Waals surface area contributed by atoms with Crippen molar-refractivity contribution in [1.82, 2.24) is 10.2 Å². The Morgan fingerprint density at radius 1 is 1.33 bits per heavy atom. The first-order valence-electron chi connectivity index (χ1n) is 8.33. The predicted molar refractivity (Wildman–Crippen MR) is 89.1 cm³/mol. The molecule has 3 heteroatoms. The normalized spacial score (nSPS) is 21.4. The minimum atomic E-state index is 0.427. The summed E-state index contributed by atoms with van der Waals surface area (Å²) < 4.78 is 5.37. The molecule has 1 aromatic carbocycles. The summed E-state index contributed by atoms with van der Waals surface area (Å²) in [6.45, 7) is 6.90. The quantitative estimate of drug-likeness (QED) is 0.833. The largest absolute Gasteiger partial charge is 0.497 e. The smallest absolute Gasteiger partial charge is 0.119 e. The molecule has 2 atom stereocenters. The average Bonchev–Trinajstić information content (AvgIpc) is 2.54. The lowest BCUT2D eigenvalue weighted by molar-refractivity contribution is 0.148. The molecule has 0 amide bonds. The van der Waals surface area contributed by atoms with Crippen LogP contribution in [0.5, 0.6) is 5.75 Å². The van der Waals surface area contributed by atoms with Crippen LogP contribution in [0.2, 0.25) is 0 Å². The van der Waals surface area contributed by atoms with Crippen molar-refractivity contribution in [2.75, 3.05) is 27.2 Å². The van der Waals surface area contributed by atoms with Gasteiger partial charge in [-0.15, -0.1) is 0 Å².